The second kappa shape index (κ2) is 7.02. The average Bonchev–Trinajstić information content (AvgIpc) is 2.29. The zero-order chi connectivity index (χ0) is 12.8. The summed E-state index contributed by atoms with van der Waals surface area (Å²) in [5, 5.41) is 3.44. The Morgan fingerprint density at radius 3 is 2.65 bits per heavy atom. The van der Waals surface area contributed by atoms with Crippen LogP contribution in [0.2, 0.25) is 0 Å². The van der Waals surface area contributed by atoms with Crippen LogP contribution in [0.15, 0.2) is 22.7 Å². The van der Waals surface area contributed by atoms with E-state index in [1.165, 1.54) is 5.56 Å². The highest BCUT2D eigenvalue weighted by atomic mass is 79.9. The van der Waals surface area contributed by atoms with Crippen LogP contribution in [-0.2, 0) is 0 Å². The van der Waals surface area contributed by atoms with Gasteiger partial charge >= 0.3 is 0 Å². The summed E-state index contributed by atoms with van der Waals surface area (Å²) in [6.45, 7) is 9.40. The molecule has 3 heteroatoms. The maximum absolute atomic E-state index is 5.89. The van der Waals surface area contributed by atoms with Crippen LogP contribution in [0.5, 0.6) is 5.75 Å². The van der Waals surface area contributed by atoms with Crippen LogP contribution in [0, 0.1) is 6.92 Å². The second-order valence-corrected chi connectivity index (χ2v) is 5.43. The van der Waals surface area contributed by atoms with Crippen molar-refractivity contribution in [3.63, 3.8) is 0 Å². The second-order valence-electron chi connectivity index (χ2n) is 4.58. The van der Waals surface area contributed by atoms with Crippen molar-refractivity contribution in [1.29, 1.82) is 0 Å². The molecule has 2 atom stereocenters. The highest BCUT2D eigenvalue weighted by molar-refractivity contribution is 9.10. The number of hydrogen-bond acceptors (Lipinski definition) is 2. The molecule has 2 nitrogen and oxygen atoms in total. The zero-order valence-electron chi connectivity index (χ0n) is 11.1. The molecule has 0 saturated heterocycles. The fraction of sp³-hybridized carbons (Fsp3) is 0.571. The molecule has 2 unspecified atom stereocenters. The van der Waals surface area contributed by atoms with Gasteiger partial charge < -0.3 is 10.1 Å². The van der Waals surface area contributed by atoms with Crippen LogP contribution in [0.25, 0.3) is 0 Å². The van der Waals surface area contributed by atoms with Crippen molar-refractivity contribution in [2.24, 2.45) is 0 Å². The minimum atomic E-state index is 0.169. The van der Waals surface area contributed by atoms with E-state index in [1.807, 2.05) is 6.07 Å². The molecule has 17 heavy (non-hydrogen) atoms. The molecule has 1 N–H and O–H groups in total. The topological polar surface area (TPSA) is 21.3 Å². The SMILES string of the molecule is CCC(C)NCC(C)Oc1ccc(C)cc1Br. The lowest BCUT2D eigenvalue weighted by atomic mass is 10.2. The summed E-state index contributed by atoms with van der Waals surface area (Å²) in [5.74, 6) is 0.911. The molecular weight excluding hydrogens is 278 g/mol. The van der Waals surface area contributed by atoms with Gasteiger partial charge in [-0.1, -0.05) is 13.0 Å². The van der Waals surface area contributed by atoms with E-state index in [1.54, 1.807) is 0 Å². The Labute approximate surface area is 113 Å². The largest absolute Gasteiger partial charge is 0.488 e. The Balaban J connectivity index is 2.47. The van der Waals surface area contributed by atoms with E-state index < -0.39 is 0 Å². The van der Waals surface area contributed by atoms with Gasteiger partial charge in [-0.2, -0.15) is 0 Å². The normalized spacial score (nSPS) is 14.4. The quantitative estimate of drug-likeness (QED) is 0.860. The predicted octanol–water partition coefficient (Wildman–Crippen LogP) is 3.91. The first-order valence-electron chi connectivity index (χ1n) is 6.19. The molecule has 0 radical (unpaired) electrons. The first kappa shape index (κ1) is 14.5. The maximum Gasteiger partial charge on any atom is 0.133 e. The van der Waals surface area contributed by atoms with Crippen molar-refractivity contribution in [3.8, 4) is 5.75 Å². The van der Waals surface area contributed by atoms with Gasteiger partial charge in [0.1, 0.15) is 11.9 Å². The van der Waals surface area contributed by atoms with Gasteiger partial charge in [0.05, 0.1) is 4.47 Å². The van der Waals surface area contributed by atoms with Crippen LogP contribution < -0.4 is 10.1 Å². The molecule has 0 fully saturated rings. The number of benzene rings is 1. The Bertz CT molecular complexity index is 354. The summed E-state index contributed by atoms with van der Waals surface area (Å²) >= 11 is 3.52. The monoisotopic (exact) mass is 299 g/mol. The fourth-order valence-electron chi connectivity index (χ4n) is 1.47. The molecule has 0 heterocycles. The van der Waals surface area contributed by atoms with Crippen LogP contribution in [0.1, 0.15) is 32.8 Å². The van der Waals surface area contributed by atoms with Gasteiger partial charge in [-0.15, -0.1) is 0 Å². The highest BCUT2D eigenvalue weighted by Crippen LogP contribution is 2.26. The van der Waals surface area contributed by atoms with Gasteiger partial charge in [0.15, 0.2) is 0 Å². The summed E-state index contributed by atoms with van der Waals surface area (Å²) in [7, 11) is 0. The van der Waals surface area contributed by atoms with Crippen molar-refractivity contribution in [3.05, 3.63) is 28.2 Å². The number of halogens is 1. The molecule has 1 aromatic rings. The molecule has 0 aliphatic rings. The van der Waals surface area contributed by atoms with E-state index in [-0.39, 0.29) is 6.10 Å². The number of aryl methyl sites for hydroxylation is 1. The molecule has 0 saturated carbocycles. The predicted molar refractivity (Wildman–Crippen MR) is 76.7 cm³/mol. The van der Waals surface area contributed by atoms with Crippen molar-refractivity contribution < 1.29 is 4.74 Å². The summed E-state index contributed by atoms with van der Waals surface area (Å²) in [4.78, 5) is 0. The molecule has 0 aliphatic carbocycles. The molecule has 96 valence electrons. The molecular formula is C14H22BrNO. The third-order valence-corrected chi connectivity index (χ3v) is 3.40. The Morgan fingerprint density at radius 2 is 2.06 bits per heavy atom. The minimum absolute atomic E-state index is 0.169. The molecule has 0 aliphatic heterocycles. The first-order valence-corrected chi connectivity index (χ1v) is 6.98. The van der Waals surface area contributed by atoms with Crippen LogP contribution in [0.4, 0.5) is 0 Å². The molecule has 0 bridgehead atoms. The van der Waals surface area contributed by atoms with Gasteiger partial charge in [0, 0.05) is 12.6 Å². The molecule has 1 aromatic carbocycles. The molecule has 0 aromatic heterocycles. The van der Waals surface area contributed by atoms with Crippen LogP contribution in [0.3, 0.4) is 0 Å². The lowest BCUT2D eigenvalue weighted by Gasteiger charge is -2.19. The van der Waals surface area contributed by atoms with Crippen LogP contribution in [-0.4, -0.2) is 18.7 Å². The number of hydrogen-bond donors (Lipinski definition) is 1. The van der Waals surface area contributed by atoms with E-state index in [0.29, 0.717) is 6.04 Å². The van der Waals surface area contributed by atoms with Gasteiger partial charge in [-0.25, -0.2) is 0 Å². The molecule has 0 amide bonds. The standard InChI is InChI=1S/C14H22BrNO/c1-5-11(3)16-9-12(4)17-14-7-6-10(2)8-13(14)15/h6-8,11-12,16H,5,9H2,1-4H3. The zero-order valence-corrected chi connectivity index (χ0v) is 12.7. The van der Waals surface area contributed by atoms with Crippen molar-refractivity contribution in [1.82, 2.24) is 5.32 Å². The smallest absolute Gasteiger partial charge is 0.133 e. The minimum Gasteiger partial charge on any atom is -0.488 e. The van der Waals surface area contributed by atoms with Gasteiger partial charge in [-0.3, -0.25) is 0 Å². The fourth-order valence-corrected chi connectivity index (χ4v) is 2.06. The van der Waals surface area contributed by atoms with Crippen LogP contribution >= 0.6 is 15.9 Å². The van der Waals surface area contributed by atoms with Gasteiger partial charge in [0.2, 0.25) is 0 Å². The highest BCUT2D eigenvalue weighted by Gasteiger charge is 2.08. The summed E-state index contributed by atoms with van der Waals surface area (Å²) in [6, 6.07) is 6.70. The Kier molecular flexibility index (Phi) is 6.00. The first-order chi connectivity index (χ1) is 8.02. The third kappa shape index (κ3) is 5.09. The van der Waals surface area contributed by atoms with Crippen molar-refractivity contribution >= 4 is 15.9 Å². The Morgan fingerprint density at radius 1 is 1.35 bits per heavy atom. The third-order valence-electron chi connectivity index (χ3n) is 2.78. The van der Waals surface area contributed by atoms with E-state index >= 15 is 0 Å². The van der Waals surface area contributed by atoms with Crippen molar-refractivity contribution in [2.75, 3.05) is 6.54 Å². The lowest BCUT2D eigenvalue weighted by molar-refractivity contribution is 0.210. The van der Waals surface area contributed by atoms with Crippen molar-refractivity contribution in [2.45, 2.75) is 46.3 Å². The molecule has 1 rings (SSSR count). The average molecular weight is 300 g/mol. The van der Waals surface area contributed by atoms with E-state index in [9.17, 15) is 0 Å². The summed E-state index contributed by atoms with van der Waals surface area (Å²) in [6.07, 6.45) is 1.31. The number of ether oxygens (including phenoxy) is 1. The maximum atomic E-state index is 5.89. The van der Waals surface area contributed by atoms with Gasteiger partial charge in [-0.05, 0) is 60.8 Å². The lowest BCUT2D eigenvalue weighted by Crippen LogP contribution is -2.34. The number of rotatable bonds is 6. The number of nitrogens with one attached hydrogen (secondary N) is 1. The Hall–Kier alpha value is -0.540. The van der Waals surface area contributed by atoms with E-state index in [4.69, 9.17) is 4.74 Å². The summed E-state index contributed by atoms with van der Waals surface area (Å²) in [5.41, 5.74) is 1.23. The summed E-state index contributed by atoms with van der Waals surface area (Å²) < 4.78 is 6.91. The van der Waals surface area contributed by atoms with Gasteiger partial charge in [0.25, 0.3) is 0 Å². The van der Waals surface area contributed by atoms with E-state index in [2.05, 4.69) is 61.1 Å². The van der Waals surface area contributed by atoms with E-state index in [0.717, 1.165) is 23.2 Å². The molecule has 0 spiro atoms.